The number of aliphatic hydroxyl groups is 3. The van der Waals surface area contributed by atoms with E-state index >= 15 is 0 Å². The number of ether oxygens (including phenoxy) is 4. The van der Waals surface area contributed by atoms with Crippen LogP contribution in [-0.2, 0) is 25.5 Å². The second-order valence-electron chi connectivity index (χ2n) is 7.61. The van der Waals surface area contributed by atoms with Crippen molar-refractivity contribution < 1.29 is 58.4 Å². The number of likely N-dealkylation sites (N-methyl/N-ethyl adjacent to an activating group) is 2. The summed E-state index contributed by atoms with van der Waals surface area (Å²) in [6.07, 6.45) is -10.6. The Hall–Kier alpha value is -3.27. The maximum Gasteiger partial charge on any atom is 0.409 e. The Bertz CT molecular complexity index is 903. The monoisotopic (exact) mass is 498 g/mol. The van der Waals surface area contributed by atoms with Crippen LogP contribution in [0, 0.1) is 0 Å². The van der Waals surface area contributed by atoms with Gasteiger partial charge in [-0.25, -0.2) is 14.4 Å². The van der Waals surface area contributed by atoms with Crippen LogP contribution >= 0.6 is 0 Å². The fraction of sp³-hybridized carbons (Fsp3) is 0.550. The molecule has 1 fully saturated rings. The van der Waals surface area contributed by atoms with Gasteiger partial charge in [-0.15, -0.1) is 0 Å². The summed E-state index contributed by atoms with van der Waals surface area (Å²) in [6, 6.07) is 4.43. The highest BCUT2D eigenvalue weighted by Gasteiger charge is 2.48. The number of nitrogens with zero attached hydrogens (tertiary/aromatic N) is 2. The largest absolute Gasteiger partial charge is 0.528 e. The molecule has 0 unspecified atom stereocenters. The molecule has 1 aromatic rings. The molecule has 1 aliphatic rings. The molecule has 14 nitrogen and oxygen atoms in total. The Balaban J connectivity index is 2.09. The average Bonchev–Trinajstić information content (AvgIpc) is 2.85. The van der Waals surface area contributed by atoms with E-state index in [0.29, 0.717) is 11.3 Å². The number of aliphatic carboxylic acids is 1. The fourth-order valence-corrected chi connectivity index (χ4v) is 2.99. The number of carbonyl (C=O) groups excluding carboxylic acids is 2. The molecule has 1 aliphatic heterocycles. The molecule has 2 radical (unpaired) electrons. The molecule has 1 heterocycles. The molecule has 0 bridgehead atoms. The predicted octanol–water partition coefficient (Wildman–Crippen LogP) is -1.31. The standard InChI is InChI=1S/C20H27BN2O12/c1-22(6-7-23(2)20(30)35-21)19(29)32-9-10-4-5-11(31-3)8-12(10)33-18-15(26)13(24)14(25)16(34-18)17(27)28/h4-5,8,13-16,18,24-26H,6-7,9H2,1-3H3,(H,27,28)/t13-,14-,15+,16-,18+/m0/s1. The number of benzene rings is 1. The van der Waals surface area contributed by atoms with E-state index in [9.17, 15) is 34.8 Å². The molecule has 0 saturated carbocycles. The number of aliphatic hydroxyl groups excluding tert-OH is 3. The van der Waals surface area contributed by atoms with Gasteiger partial charge in [-0.2, -0.15) is 0 Å². The second kappa shape index (κ2) is 12.4. The van der Waals surface area contributed by atoms with Crippen molar-refractivity contribution in [2.24, 2.45) is 0 Å². The van der Waals surface area contributed by atoms with Gasteiger partial charge in [0.05, 0.1) is 7.11 Å². The number of amides is 2. The zero-order valence-electron chi connectivity index (χ0n) is 19.3. The molecule has 0 aromatic heterocycles. The molecule has 1 aromatic carbocycles. The van der Waals surface area contributed by atoms with Crippen molar-refractivity contribution >= 4 is 26.2 Å². The Morgan fingerprint density at radius 2 is 1.66 bits per heavy atom. The van der Waals surface area contributed by atoms with Gasteiger partial charge in [0, 0.05) is 38.8 Å². The van der Waals surface area contributed by atoms with E-state index in [-0.39, 0.29) is 25.4 Å². The van der Waals surface area contributed by atoms with Crippen molar-refractivity contribution in [3.05, 3.63) is 23.8 Å². The SMILES string of the molecule is [B]OC(=O)N(C)CCN(C)C(=O)OCc1ccc(OC)cc1O[C@@H]1O[C@H](C(=O)O)[C@@H](O)[C@H](O)[C@H]1O. The third kappa shape index (κ3) is 7.11. The van der Waals surface area contributed by atoms with Crippen molar-refractivity contribution in [2.75, 3.05) is 34.3 Å². The number of carboxylic acids is 1. The topological polar surface area (TPSA) is 185 Å². The Kier molecular flexibility index (Phi) is 9.94. The minimum Gasteiger partial charge on any atom is -0.528 e. The quantitative estimate of drug-likeness (QED) is 0.295. The first-order valence-corrected chi connectivity index (χ1v) is 10.3. The summed E-state index contributed by atoms with van der Waals surface area (Å²) in [7, 11) is 9.07. The highest BCUT2D eigenvalue weighted by atomic mass is 16.7. The maximum absolute atomic E-state index is 12.3. The summed E-state index contributed by atoms with van der Waals surface area (Å²) in [5, 5.41) is 39.2. The summed E-state index contributed by atoms with van der Waals surface area (Å²) in [5.41, 5.74) is 0.291. The van der Waals surface area contributed by atoms with Gasteiger partial charge in [0.1, 0.15) is 36.4 Å². The van der Waals surface area contributed by atoms with Crippen LogP contribution in [0.1, 0.15) is 5.56 Å². The van der Waals surface area contributed by atoms with Crippen LogP contribution in [0.15, 0.2) is 18.2 Å². The molecule has 0 spiro atoms. The highest BCUT2D eigenvalue weighted by molar-refractivity contribution is 6.04. The van der Waals surface area contributed by atoms with Crippen LogP contribution in [0.2, 0.25) is 0 Å². The smallest absolute Gasteiger partial charge is 0.409 e. The molecular weight excluding hydrogens is 471 g/mol. The molecule has 0 aliphatic carbocycles. The van der Waals surface area contributed by atoms with Gasteiger partial charge < -0.3 is 53.8 Å². The first kappa shape index (κ1) is 28.0. The van der Waals surface area contributed by atoms with Crippen LogP contribution in [0.5, 0.6) is 11.5 Å². The van der Waals surface area contributed by atoms with Crippen LogP contribution in [0.4, 0.5) is 9.59 Å². The van der Waals surface area contributed by atoms with Gasteiger partial charge >= 0.3 is 26.2 Å². The van der Waals surface area contributed by atoms with E-state index in [2.05, 4.69) is 4.65 Å². The zero-order valence-corrected chi connectivity index (χ0v) is 19.3. The van der Waals surface area contributed by atoms with E-state index in [1.54, 1.807) is 6.07 Å². The Morgan fingerprint density at radius 3 is 2.23 bits per heavy atom. The lowest BCUT2D eigenvalue weighted by Crippen LogP contribution is -2.61. The zero-order chi connectivity index (χ0) is 26.3. The first-order valence-electron chi connectivity index (χ1n) is 10.3. The number of carboxylic acid groups (broad SMARTS) is 1. The average molecular weight is 498 g/mol. The molecule has 192 valence electrons. The summed E-state index contributed by atoms with van der Waals surface area (Å²) < 4.78 is 25.2. The third-order valence-electron chi connectivity index (χ3n) is 5.18. The van der Waals surface area contributed by atoms with Crippen LogP contribution < -0.4 is 9.47 Å². The number of carbonyl (C=O) groups is 3. The number of hydrogen-bond donors (Lipinski definition) is 4. The van der Waals surface area contributed by atoms with E-state index in [0.717, 1.165) is 4.90 Å². The first-order chi connectivity index (χ1) is 16.5. The van der Waals surface area contributed by atoms with Crippen molar-refractivity contribution in [1.29, 1.82) is 0 Å². The number of hydrogen-bond acceptors (Lipinski definition) is 11. The van der Waals surface area contributed by atoms with Gasteiger partial charge in [-0.1, -0.05) is 0 Å². The molecule has 15 heteroatoms. The molecule has 1 saturated heterocycles. The van der Waals surface area contributed by atoms with Crippen molar-refractivity contribution in [1.82, 2.24) is 9.80 Å². The minimum absolute atomic E-state index is 0.00186. The molecule has 2 rings (SSSR count). The van der Waals surface area contributed by atoms with Crippen molar-refractivity contribution in [3.63, 3.8) is 0 Å². The minimum atomic E-state index is -1.88. The summed E-state index contributed by atoms with van der Waals surface area (Å²) >= 11 is 0. The van der Waals surface area contributed by atoms with E-state index in [1.807, 2.05) is 0 Å². The summed E-state index contributed by atoms with van der Waals surface area (Å²) in [4.78, 5) is 37.3. The normalized spacial score (nSPS) is 23.7. The van der Waals surface area contributed by atoms with Crippen molar-refractivity contribution in [2.45, 2.75) is 37.3 Å². The van der Waals surface area contributed by atoms with E-state index in [1.165, 1.54) is 38.2 Å². The number of rotatable bonds is 9. The lowest BCUT2D eigenvalue weighted by molar-refractivity contribution is -0.271. The van der Waals surface area contributed by atoms with Crippen molar-refractivity contribution in [3.8, 4) is 11.5 Å². The van der Waals surface area contributed by atoms with E-state index < -0.39 is 48.9 Å². The van der Waals surface area contributed by atoms with Crippen LogP contribution in [0.25, 0.3) is 0 Å². The Morgan fingerprint density at radius 1 is 1.03 bits per heavy atom. The molecule has 5 atom stereocenters. The molecule has 35 heavy (non-hydrogen) atoms. The van der Waals surface area contributed by atoms with Gasteiger partial charge in [-0.05, 0) is 12.1 Å². The predicted molar refractivity (Wildman–Crippen MR) is 116 cm³/mol. The highest BCUT2D eigenvalue weighted by Crippen LogP contribution is 2.30. The molecule has 4 N–H and O–H groups in total. The van der Waals surface area contributed by atoms with Gasteiger partial charge in [-0.3, -0.25) is 0 Å². The summed E-state index contributed by atoms with van der Waals surface area (Å²) in [5.74, 6) is -1.24. The lowest BCUT2D eigenvalue weighted by Gasteiger charge is -2.38. The van der Waals surface area contributed by atoms with Gasteiger partial charge in [0.2, 0.25) is 6.29 Å². The lowest BCUT2D eigenvalue weighted by atomic mass is 9.99. The van der Waals surface area contributed by atoms with Gasteiger partial charge in [0.15, 0.2) is 6.10 Å². The van der Waals surface area contributed by atoms with Gasteiger partial charge in [0.25, 0.3) is 0 Å². The third-order valence-corrected chi connectivity index (χ3v) is 5.18. The molecular formula is C20H27BN2O12. The number of methoxy groups -OCH3 is 1. The second-order valence-corrected chi connectivity index (χ2v) is 7.61. The van der Waals surface area contributed by atoms with Crippen LogP contribution in [0.3, 0.4) is 0 Å². The summed E-state index contributed by atoms with van der Waals surface area (Å²) in [6.45, 7) is -0.0802. The maximum atomic E-state index is 12.3. The van der Waals surface area contributed by atoms with Crippen LogP contribution in [-0.4, -0.2) is 121 Å². The molecule has 2 amide bonds. The van der Waals surface area contributed by atoms with E-state index in [4.69, 9.17) is 27.0 Å². The fourth-order valence-electron chi connectivity index (χ4n) is 2.99. The Labute approximate surface area is 201 Å².